The van der Waals surface area contributed by atoms with Gasteiger partial charge >= 0.3 is 0 Å². The number of aromatic amines is 1. The molecule has 136 valence electrons. The molecule has 2 aromatic heterocycles. The van der Waals surface area contributed by atoms with Gasteiger partial charge in [0.1, 0.15) is 17.4 Å². The van der Waals surface area contributed by atoms with Crippen molar-refractivity contribution in [2.24, 2.45) is 12.8 Å². The summed E-state index contributed by atoms with van der Waals surface area (Å²) >= 11 is 0. The zero-order valence-corrected chi connectivity index (χ0v) is 15.1. The number of para-hydroxylation sites is 2. The highest BCUT2D eigenvalue weighted by Gasteiger charge is 2.36. The van der Waals surface area contributed by atoms with Gasteiger partial charge in [0, 0.05) is 29.5 Å². The van der Waals surface area contributed by atoms with Gasteiger partial charge in [-0.05, 0) is 23.8 Å². The van der Waals surface area contributed by atoms with Crippen molar-refractivity contribution in [3.05, 3.63) is 87.7 Å². The van der Waals surface area contributed by atoms with E-state index < -0.39 is 5.92 Å². The Balaban J connectivity index is 1.93. The number of allylic oxidation sites excluding steroid dienone is 1. The third kappa shape index (κ3) is 2.04. The predicted octanol–water partition coefficient (Wildman–Crippen LogP) is 3.24. The van der Waals surface area contributed by atoms with Gasteiger partial charge in [-0.2, -0.15) is 5.26 Å². The Morgan fingerprint density at radius 1 is 1.14 bits per heavy atom. The molecule has 6 heteroatoms. The molecule has 3 N–H and O–H groups in total. The standard InChI is InChI=1S/C22H16N4O2/c1-26-17-9-5-3-7-13(17)20-19(22(26)27)18(14(10-23)21(24)28-20)15-11-25-16-8-4-2-6-12(15)16/h2-9,11,18,25H,24H2,1H3/t18-/m0/s1. The van der Waals surface area contributed by atoms with Gasteiger partial charge in [-0.3, -0.25) is 4.79 Å². The number of benzene rings is 2. The molecular formula is C22H16N4O2. The molecule has 0 aliphatic carbocycles. The number of aromatic nitrogens is 2. The number of pyridine rings is 1. The van der Waals surface area contributed by atoms with Crippen molar-refractivity contribution in [1.82, 2.24) is 9.55 Å². The maximum Gasteiger partial charge on any atom is 0.258 e. The Kier molecular flexibility index (Phi) is 3.34. The van der Waals surface area contributed by atoms with E-state index >= 15 is 0 Å². The van der Waals surface area contributed by atoms with E-state index in [2.05, 4.69) is 11.1 Å². The molecule has 1 aliphatic rings. The number of hydrogen-bond donors (Lipinski definition) is 2. The molecule has 4 aromatic rings. The van der Waals surface area contributed by atoms with Gasteiger partial charge in [0.05, 0.1) is 17.0 Å². The van der Waals surface area contributed by atoms with E-state index in [-0.39, 0.29) is 17.0 Å². The van der Waals surface area contributed by atoms with Gasteiger partial charge in [-0.25, -0.2) is 0 Å². The number of nitriles is 1. The highest BCUT2D eigenvalue weighted by molar-refractivity contribution is 5.90. The second-order valence-corrected chi connectivity index (χ2v) is 6.84. The van der Waals surface area contributed by atoms with Crippen LogP contribution >= 0.6 is 0 Å². The Morgan fingerprint density at radius 3 is 2.64 bits per heavy atom. The fourth-order valence-corrected chi connectivity index (χ4v) is 4.07. The highest BCUT2D eigenvalue weighted by atomic mass is 16.5. The van der Waals surface area contributed by atoms with Crippen molar-refractivity contribution in [1.29, 1.82) is 5.26 Å². The summed E-state index contributed by atoms with van der Waals surface area (Å²) in [6.07, 6.45) is 1.84. The molecule has 5 rings (SSSR count). The summed E-state index contributed by atoms with van der Waals surface area (Å²) in [5.74, 6) is -0.151. The molecule has 0 spiro atoms. The number of nitrogens with one attached hydrogen (secondary N) is 1. The van der Waals surface area contributed by atoms with Crippen LogP contribution < -0.4 is 16.0 Å². The molecule has 1 aliphatic heterocycles. The number of fused-ring (bicyclic) bond motifs is 4. The van der Waals surface area contributed by atoms with Crippen LogP contribution in [0.1, 0.15) is 17.0 Å². The van der Waals surface area contributed by atoms with Crippen LogP contribution in [0.3, 0.4) is 0 Å². The van der Waals surface area contributed by atoms with E-state index in [0.717, 1.165) is 27.4 Å². The normalized spacial score (nSPS) is 16.1. The second kappa shape index (κ2) is 5.76. The zero-order valence-electron chi connectivity index (χ0n) is 15.1. The SMILES string of the molecule is Cn1c(=O)c2c(c3ccccc31)OC(N)=C(C#N)[C@H]2c1c[nH]c2ccccc12. The predicted molar refractivity (Wildman–Crippen MR) is 107 cm³/mol. The van der Waals surface area contributed by atoms with Crippen LogP contribution in [0.2, 0.25) is 0 Å². The number of aryl methyl sites for hydroxylation is 1. The van der Waals surface area contributed by atoms with Crippen LogP contribution in [0.5, 0.6) is 5.75 Å². The molecule has 0 amide bonds. The minimum absolute atomic E-state index is 0.0312. The molecule has 0 radical (unpaired) electrons. The van der Waals surface area contributed by atoms with Gasteiger partial charge in [0.25, 0.3) is 5.56 Å². The number of ether oxygens (including phenoxy) is 1. The maximum atomic E-state index is 13.3. The summed E-state index contributed by atoms with van der Waals surface area (Å²) in [6.45, 7) is 0. The lowest BCUT2D eigenvalue weighted by Gasteiger charge is -2.27. The number of hydrogen-bond acceptors (Lipinski definition) is 4. The Bertz CT molecular complexity index is 1400. The van der Waals surface area contributed by atoms with Crippen molar-refractivity contribution in [2.75, 3.05) is 0 Å². The van der Waals surface area contributed by atoms with Crippen LogP contribution in [0, 0.1) is 11.3 Å². The maximum absolute atomic E-state index is 13.3. The second-order valence-electron chi connectivity index (χ2n) is 6.84. The molecule has 1 atom stereocenters. The molecule has 28 heavy (non-hydrogen) atoms. The average molecular weight is 368 g/mol. The molecule has 0 saturated carbocycles. The summed E-state index contributed by atoms with van der Waals surface area (Å²) in [5, 5.41) is 11.5. The topological polar surface area (TPSA) is 96.8 Å². The number of nitrogens with zero attached hydrogens (tertiary/aromatic N) is 2. The summed E-state index contributed by atoms with van der Waals surface area (Å²) in [5.41, 5.74) is 9.11. The molecular weight excluding hydrogens is 352 g/mol. The number of H-pyrrole nitrogens is 1. The molecule has 6 nitrogen and oxygen atoms in total. The van der Waals surface area contributed by atoms with E-state index in [1.165, 1.54) is 0 Å². The van der Waals surface area contributed by atoms with Crippen LogP contribution in [-0.4, -0.2) is 9.55 Å². The van der Waals surface area contributed by atoms with Crippen LogP contribution in [-0.2, 0) is 7.05 Å². The lowest BCUT2D eigenvalue weighted by Crippen LogP contribution is -2.31. The van der Waals surface area contributed by atoms with Gasteiger partial charge in [-0.15, -0.1) is 0 Å². The smallest absolute Gasteiger partial charge is 0.258 e. The highest BCUT2D eigenvalue weighted by Crippen LogP contribution is 2.44. The molecule has 0 saturated heterocycles. The Morgan fingerprint density at radius 2 is 1.86 bits per heavy atom. The third-order valence-electron chi connectivity index (χ3n) is 5.40. The quantitative estimate of drug-likeness (QED) is 0.539. The summed E-state index contributed by atoms with van der Waals surface area (Å²) < 4.78 is 7.43. The first-order valence-corrected chi connectivity index (χ1v) is 8.87. The van der Waals surface area contributed by atoms with Gasteiger partial charge in [0.15, 0.2) is 0 Å². The number of rotatable bonds is 1. The van der Waals surface area contributed by atoms with E-state index in [1.54, 1.807) is 11.6 Å². The largest absolute Gasteiger partial charge is 0.439 e. The van der Waals surface area contributed by atoms with Crippen molar-refractivity contribution in [2.45, 2.75) is 5.92 Å². The van der Waals surface area contributed by atoms with E-state index in [0.29, 0.717) is 11.3 Å². The van der Waals surface area contributed by atoms with Crippen LogP contribution in [0.4, 0.5) is 0 Å². The van der Waals surface area contributed by atoms with Crippen molar-refractivity contribution in [3.63, 3.8) is 0 Å². The Labute approximate surface area is 160 Å². The van der Waals surface area contributed by atoms with Gasteiger partial charge in [-0.1, -0.05) is 30.3 Å². The average Bonchev–Trinajstić information content (AvgIpc) is 3.15. The molecule has 2 aromatic carbocycles. The summed E-state index contributed by atoms with van der Waals surface area (Å²) in [7, 11) is 1.73. The van der Waals surface area contributed by atoms with E-state index in [1.807, 2.05) is 54.7 Å². The molecule has 0 fully saturated rings. The summed E-state index contributed by atoms with van der Waals surface area (Å²) in [6, 6.07) is 17.5. The Hall–Kier alpha value is -3.98. The fourth-order valence-electron chi connectivity index (χ4n) is 4.07. The third-order valence-corrected chi connectivity index (χ3v) is 5.40. The monoisotopic (exact) mass is 368 g/mol. The van der Waals surface area contributed by atoms with Crippen molar-refractivity contribution >= 4 is 21.8 Å². The first-order valence-electron chi connectivity index (χ1n) is 8.87. The van der Waals surface area contributed by atoms with E-state index in [4.69, 9.17) is 10.5 Å². The van der Waals surface area contributed by atoms with Crippen LogP contribution in [0.15, 0.2) is 71.0 Å². The van der Waals surface area contributed by atoms with E-state index in [9.17, 15) is 10.1 Å². The van der Waals surface area contributed by atoms with Crippen molar-refractivity contribution in [3.8, 4) is 11.8 Å². The number of nitrogens with two attached hydrogens (primary N) is 1. The minimum Gasteiger partial charge on any atom is -0.439 e. The molecule has 3 heterocycles. The first kappa shape index (κ1) is 16.2. The van der Waals surface area contributed by atoms with Crippen molar-refractivity contribution < 1.29 is 4.74 Å². The first-order chi connectivity index (χ1) is 13.6. The minimum atomic E-state index is -0.604. The molecule has 0 bridgehead atoms. The zero-order chi connectivity index (χ0) is 19.4. The lowest BCUT2D eigenvalue weighted by molar-refractivity contribution is 0.396. The van der Waals surface area contributed by atoms with Gasteiger partial charge in [0.2, 0.25) is 5.88 Å². The van der Waals surface area contributed by atoms with Gasteiger partial charge < -0.3 is 20.0 Å². The lowest BCUT2D eigenvalue weighted by atomic mass is 9.83. The molecule has 0 unspecified atom stereocenters. The fraction of sp³-hybridized carbons (Fsp3) is 0.0909. The summed E-state index contributed by atoms with van der Waals surface area (Å²) in [4.78, 5) is 16.6. The van der Waals surface area contributed by atoms with Crippen LogP contribution in [0.25, 0.3) is 21.8 Å².